The van der Waals surface area contributed by atoms with Crippen molar-refractivity contribution >= 4 is 5.78 Å². The van der Waals surface area contributed by atoms with Gasteiger partial charge in [-0.3, -0.25) is 9.69 Å². The third kappa shape index (κ3) is 7.34. The van der Waals surface area contributed by atoms with Crippen molar-refractivity contribution < 1.29 is 26.7 Å². The third-order valence-electron chi connectivity index (χ3n) is 3.95. The predicted molar refractivity (Wildman–Crippen MR) is 87.7 cm³/mol. The highest BCUT2D eigenvalue weighted by Crippen LogP contribution is 2.14. The molecule has 130 valence electrons. The maximum atomic E-state index is 12.2. The summed E-state index contributed by atoms with van der Waals surface area (Å²) in [4.78, 5) is 14.5. The van der Waals surface area contributed by atoms with Gasteiger partial charge in [-0.15, -0.1) is 0 Å². The molecule has 1 aromatic carbocycles. The first-order valence-corrected chi connectivity index (χ1v) is 8.35. The lowest BCUT2D eigenvalue weighted by molar-refractivity contribution is -0.0000137. The topological polar surface area (TPSA) is 38.8 Å². The fourth-order valence-corrected chi connectivity index (χ4v) is 2.51. The smallest absolute Gasteiger partial charge is 0.164 e. The molecule has 0 spiro atoms. The first-order chi connectivity index (χ1) is 10.8. The number of carbonyl (C=O) groups is 1. The first kappa shape index (κ1) is 19.9. The molecule has 1 aliphatic heterocycles. The number of carbonyl (C=O) groups excluding carboxylic acids is 1. The molecule has 1 aliphatic rings. The van der Waals surface area contributed by atoms with Gasteiger partial charge in [-0.05, 0) is 30.7 Å². The minimum absolute atomic E-state index is 0. The first-order valence-electron chi connectivity index (χ1n) is 8.35. The zero-order valence-electron chi connectivity index (χ0n) is 13.9. The second-order valence-electron chi connectivity index (χ2n) is 5.71. The Morgan fingerprint density at radius 1 is 1.17 bits per heavy atom. The molecule has 1 heterocycles. The summed E-state index contributed by atoms with van der Waals surface area (Å²) in [5.41, 5.74) is 0.772. The second-order valence-corrected chi connectivity index (χ2v) is 5.71. The van der Waals surface area contributed by atoms with Crippen LogP contribution in [-0.2, 0) is 4.74 Å². The van der Waals surface area contributed by atoms with Crippen LogP contribution in [0.5, 0.6) is 5.75 Å². The van der Waals surface area contributed by atoms with Crippen LogP contribution in [-0.4, -0.2) is 50.1 Å². The molecule has 4 nitrogen and oxygen atoms in total. The number of morpholine rings is 1. The van der Waals surface area contributed by atoms with Crippen LogP contribution < -0.4 is 17.1 Å². The van der Waals surface area contributed by atoms with Crippen molar-refractivity contribution in [3.05, 3.63) is 29.8 Å². The van der Waals surface area contributed by atoms with E-state index in [2.05, 4.69) is 11.8 Å². The monoisotopic (exact) mass is 340 g/mol. The summed E-state index contributed by atoms with van der Waals surface area (Å²) in [7, 11) is 0. The Balaban J connectivity index is 0.00000264. The molecule has 0 unspecified atom stereocenters. The number of nitrogens with zero attached hydrogens (tertiary/aromatic N) is 1. The Kier molecular flexibility index (Phi) is 9.92. The van der Waals surface area contributed by atoms with Crippen LogP contribution in [0.3, 0.4) is 0 Å². The third-order valence-corrected chi connectivity index (χ3v) is 3.95. The molecule has 0 saturated carbocycles. The van der Waals surface area contributed by atoms with E-state index in [1.54, 1.807) is 0 Å². The van der Waals surface area contributed by atoms with Crippen LogP contribution in [0.25, 0.3) is 0 Å². The Bertz CT molecular complexity index is 444. The second kappa shape index (κ2) is 11.4. The van der Waals surface area contributed by atoms with Crippen molar-refractivity contribution in [3.63, 3.8) is 0 Å². The Morgan fingerprint density at radius 3 is 2.52 bits per heavy atom. The van der Waals surface area contributed by atoms with Gasteiger partial charge in [0.15, 0.2) is 5.78 Å². The number of rotatable bonds is 9. The van der Waals surface area contributed by atoms with Crippen molar-refractivity contribution in [2.75, 3.05) is 39.5 Å². The number of unbranched alkanes of at least 4 members (excludes halogenated alkanes) is 2. The van der Waals surface area contributed by atoms with Gasteiger partial charge in [-0.2, -0.15) is 0 Å². The van der Waals surface area contributed by atoms with Gasteiger partial charge >= 0.3 is 0 Å². The average molecular weight is 341 g/mol. The highest BCUT2D eigenvalue weighted by atomic mass is 35.5. The summed E-state index contributed by atoms with van der Waals surface area (Å²) in [6.07, 6.45) is 4.03. The van der Waals surface area contributed by atoms with E-state index < -0.39 is 0 Å². The summed E-state index contributed by atoms with van der Waals surface area (Å²) in [6, 6.07) is 7.54. The molecule has 0 bridgehead atoms. The predicted octanol–water partition coefficient (Wildman–Crippen LogP) is 0.165. The summed E-state index contributed by atoms with van der Waals surface area (Å²) in [6.45, 7) is 7.15. The normalized spacial score (nSPS) is 15.0. The fraction of sp³-hybridized carbons (Fsp3) is 0.611. The van der Waals surface area contributed by atoms with Gasteiger partial charge in [0.25, 0.3) is 0 Å². The number of ether oxygens (including phenoxy) is 2. The number of hydrogen-bond donors (Lipinski definition) is 0. The van der Waals surface area contributed by atoms with E-state index in [4.69, 9.17) is 9.47 Å². The number of Topliss-reactive ketones (excluding diaryl/α,β-unsaturated/α-hetero) is 1. The number of ketones is 1. The molecule has 23 heavy (non-hydrogen) atoms. The van der Waals surface area contributed by atoms with Crippen molar-refractivity contribution in [3.8, 4) is 5.75 Å². The zero-order chi connectivity index (χ0) is 15.6. The van der Waals surface area contributed by atoms with Crippen LogP contribution in [0.4, 0.5) is 0 Å². The van der Waals surface area contributed by atoms with Crippen molar-refractivity contribution in [1.82, 2.24) is 4.90 Å². The standard InChI is InChI=1S/C18H27NO3.ClH/c1-2-3-4-13-22-17-7-5-16(6-8-17)18(20)9-10-19-11-14-21-15-12-19;/h5-8H,2-4,9-15H2,1H3;1H/p-1. The zero-order valence-corrected chi connectivity index (χ0v) is 14.7. The summed E-state index contributed by atoms with van der Waals surface area (Å²) in [5.74, 6) is 1.05. The van der Waals surface area contributed by atoms with Crippen LogP contribution >= 0.6 is 0 Å². The molecule has 1 aromatic rings. The summed E-state index contributed by atoms with van der Waals surface area (Å²) in [5, 5.41) is 0. The summed E-state index contributed by atoms with van der Waals surface area (Å²) >= 11 is 0. The van der Waals surface area contributed by atoms with Crippen molar-refractivity contribution in [2.45, 2.75) is 32.6 Å². The van der Waals surface area contributed by atoms with Gasteiger partial charge in [0, 0.05) is 31.6 Å². The Hall–Kier alpha value is -1.10. The van der Waals surface area contributed by atoms with Crippen LogP contribution in [0.1, 0.15) is 43.0 Å². The lowest BCUT2D eigenvalue weighted by Crippen LogP contribution is -3.00. The highest BCUT2D eigenvalue weighted by Gasteiger charge is 2.13. The molecule has 0 amide bonds. The maximum Gasteiger partial charge on any atom is 0.164 e. The number of halogens is 1. The molecular formula is C18H27ClNO3-. The van der Waals surface area contributed by atoms with E-state index in [0.717, 1.165) is 57.2 Å². The molecule has 5 heteroatoms. The van der Waals surface area contributed by atoms with Gasteiger partial charge < -0.3 is 21.9 Å². The molecule has 0 aromatic heterocycles. The minimum Gasteiger partial charge on any atom is -1.00 e. The maximum absolute atomic E-state index is 12.2. The van der Waals surface area contributed by atoms with Crippen molar-refractivity contribution in [1.29, 1.82) is 0 Å². The molecule has 1 fully saturated rings. The Labute approximate surface area is 145 Å². The number of hydrogen-bond acceptors (Lipinski definition) is 4. The molecule has 1 saturated heterocycles. The van der Waals surface area contributed by atoms with Gasteiger partial charge in [-0.25, -0.2) is 0 Å². The summed E-state index contributed by atoms with van der Waals surface area (Å²) < 4.78 is 11.0. The Morgan fingerprint density at radius 2 is 1.87 bits per heavy atom. The average Bonchev–Trinajstić information content (AvgIpc) is 2.58. The van der Waals surface area contributed by atoms with E-state index in [1.165, 1.54) is 12.8 Å². The quantitative estimate of drug-likeness (QED) is 0.474. The molecule has 2 rings (SSSR count). The lowest BCUT2D eigenvalue weighted by atomic mass is 10.1. The molecule has 0 aliphatic carbocycles. The lowest BCUT2D eigenvalue weighted by Gasteiger charge is -2.26. The minimum atomic E-state index is 0. The van der Waals surface area contributed by atoms with Crippen LogP contribution in [0, 0.1) is 0 Å². The van der Waals surface area contributed by atoms with Crippen LogP contribution in [0.15, 0.2) is 24.3 Å². The van der Waals surface area contributed by atoms with Crippen LogP contribution in [0.2, 0.25) is 0 Å². The largest absolute Gasteiger partial charge is 1.00 e. The van der Waals surface area contributed by atoms with E-state index in [-0.39, 0.29) is 18.2 Å². The van der Waals surface area contributed by atoms with E-state index in [9.17, 15) is 4.79 Å². The van der Waals surface area contributed by atoms with Gasteiger partial charge in [0.2, 0.25) is 0 Å². The molecule has 0 atom stereocenters. The van der Waals surface area contributed by atoms with E-state index >= 15 is 0 Å². The molecule has 0 N–H and O–H groups in total. The fourth-order valence-electron chi connectivity index (χ4n) is 2.51. The molecular weight excluding hydrogens is 314 g/mol. The van der Waals surface area contributed by atoms with E-state index in [1.807, 2.05) is 24.3 Å². The van der Waals surface area contributed by atoms with Crippen molar-refractivity contribution in [2.24, 2.45) is 0 Å². The van der Waals surface area contributed by atoms with Gasteiger partial charge in [0.1, 0.15) is 5.75 Å². The SMILES string of the molecule is CCCCCOc1ccc(C(=O)CCN2CCOCC2)cc1.[Cl-]. The van der Waals surface area contributed by atoms with Gasteiger partial charge in [0.05, 0.1) is 19.8 Å². The number of benzene rings is 1. The van der Waals surface area contributed by atoms with Gasteiger partial charge in [-0.1, -0.05) is 19.8 Å². The highest BCUT2D eigenvalue weighted by molar-refractivity contribution is 5.96. The van der Waals surface area contributed by atoms with E-state index in [0.29, 0.717) is 6.42 Å². The molecule has 0 radical (unpaired) electrons.